The zero-order valence-electron chi connectivity index (χ0n) is 10.9. The Morgan fingerprint density at radius 1 is 1.59 bits per heavy atom. The van der Waals surface area contributed by atoms with Gasteiger partial charge in [-0.1, -0.05) is 19.9 Å². The molecule has 2 heterocycles. The fraction of sp³-hybridized carbons (Fsp3) is 0.714. The van der Waals surface area contributed by atoms with Gasteiger partial charge in [0.1, 0.15) is 0 Å². The quantitative estimate of drug-likeness (QED) is 0.891. The van der Waals surface area contributed by atoms with Crippen molar-refractivity contribution in [2.75, 3.05) is 13.1 Å². The van der Waals surface area contributed by atoms with Crippen molar-refractivity contribution >= 4 is 11.3 Å². The molecule has 2 rings (SSSR count). The van der Waals surface area contributed by atoms with Crippen LogP contribution in [0.2, 0.25) is 0 Å². The van der Waals surface area contributed by atoms with Crippen LogP contribution in [0.1, 0.15) is 44.0 Å². The van der Waals surface area contributed by atoms with Crippen LogP contribution in [0, 0.1) is 5.92 Å². The molecule has 1 aliphatic rings. The van der Waals surface area contributed by atoms with Crippen molar-refractivity contribution < 1.29 is 0 Å². The average molecular weight is 252 g/mol. The summed E-state index contributed by atoms with van der Waals surface area (Å²) in [4.78, 5) is 4.04. The molecule has 3 atom stereocenters. The lowest BCUT2D eigenvalue weighted by Crippen LogP contribution is -2.44. The smallest absolute Gasteiger partial charge is 0.0593 e. The SMILES string of the molecule is CCC(N)C(c1cccs1)N1CCCC(C)C1. The number of rotatable bonds is 4. The Bertz CT molecular complexity index is 323. The molecule has 1 aromatic heterocycles. The van der Waals surface area contributed by atoms with Crippen LogP contribution in [-0.4, -0.2) is 24.0 Å². The third-order valence-electron chi connectivity index (χ3n) is 3.79. The zero-order chi connectivity index (χ0) is 12.3. The van der Waals surface area contributed by atoms with Crippen molar-refractivity contribution in [2.45, 2.75) is 45.2 Å². The summed E-state index contributed by atoms with van der Waals surface area (Å²) in [7, 11) is 0. The largest absolute Gasteiger partial charge is 0.326 e. The van der Waals surface area contributed by atoms with Crippen molar-refractivity contribution in [1.82, 2.24) is 4.90 Å². The molecule has 2 N–H and O–H groups in total. The predicted octanol–water partition coefficient (Wildman–Crippen LogP) is 3.26. The molecular weight excluding hydrogens is 228 g/mol. The van der Waals surface area contributed by atoms with Gasteiger partial charge in [0.05, 0.1) is 6.04 Å². The van der Waals surface area contributed by atoms with E-state index in [1.807, 2.05) is 11.3 Å². The average Bonchev–Trinajstić information content (AvgIpc) is 2.83. The molecule has 17 heavy (non-hydrogen) atoms. The minimum atomic E-state index is 0.263. The van der Waals surface area contributed by atoms with Crippen LogP contribution >= 0.6 is 11.3 Å². The molecule has 1 aromatic rings. The maximum atomic E-state index is 6.35. The Hall–Kier alpha value is -0.380. The van der Waals surface area contributed by atoms with Gasteiger partial charge in [-0.15, -0.1) is 11.3 Å². The Balaban J connectivity index is 2.15. The third kappa shape index (κ3) is 3.09. The fourth-order valence-corrected chi connectivity index (χ4v) is 3.76. The Kier molecular flexibility index (Phi) is 4.60. The minimum Gasteiger partial charge on any atom is -0.326 e. The minimum absolute atomic E-state index is 0.263. The van der Waals surface area contributed by atoms with Crippen molar-refractivity contribution in [3.05, 3.63) is 22.4 Å². The normalized spacial score (nSPS) is 25.7. The molecule has 1 saturated heterocycles. The monoisotopic (exact) mass is 252 g/mol. The summed E-state index contributed by atoms with van der Waals surface area (Å²) in [5, 5.41) is 2.16. The molecule has 0 bridgehead atoms. The second-order valence-electron chi connectivity index (χ2n) is 5.27. The number of hydrogen-bond acceptors (Lipinski definition) is 3. The van der Waals surface area contributed by atoms with Crippen LogP contribution in [0.5, 0.6) is 0 Å². The van der Waals surface area contributed by atoms with E-state index in [-0.39, 0.29) is 6.04 Å². The molecule has 0 aliphatic carbocycles. The molecule has 3 heteroatoms. The molecule has 2 nitrogen and oxygen atoms in total. The lowest BCUT2D eigenvalue weighted by Gasteiger charge is -2.39. The summed E-state index contributed by atoms with van der Waals surface area (Å²) in [5.74, 6) is 0.815. The number of hydrogen-bond donors (Lipinski definition) is 1. The molecule has 0 spiro atoms. The van der Waals surface area contributed by atoms with Gasteiger partial charge >= 0.3 is 0 Å². The number of nitrogens with two attached hydrogens (primary N) is 1. The van der Waals surface area contributed by atoms with Crippen LogP contribution in [0.3, 0.4) is 0 Å². The van der Waals surface area contributed by atoms with E-state index in [1.165, 1.54) is 30.8 Å². The van der Waals surface area contributed by atoms with E-state index >= 15 is 0 Å². The van der Waals surface area contributed by atoms with Crippen molar-refractivity contribution in [3.8, 4) is 0 Å². The van der Waals surface area contributed by atoms with Crippen molar-refractivity contribution in [1.29, 1.82) is 0 Å². The van der Waals surface area contributed by atoms with E-state index in [9.17, 15) is 0 Å². The standard InChI is InChI=1S/C14H24N2S/c1-3-12(15)14(13-7-5-9-17-13)16-8-4-6-11(2)10-16/h5,7,9,11-12,14H,3-4,6,8,10,15H2,1-2H3. The van der Waals surface area contributed by atoms with Crippen molar-refractivity contribution in [2.24, 2.45) is 11.7 Å². The molecule has 96 valence electrons. The van der Waals surface area contributed by atoms with Crippen LogP contribution in [0.25, 0.3) is 0 Å². The van der Waals surface area contributed by atoms with Gasteiger partial charge in [0, 0.05) is 17.5 Å². The van der Waals surface area contributed by atoms with E-state index in [0.717, 1.165) is 12.3 Å². The fourth-order valence-electron chi connectivity index (χ4n) is 2.82. The first kappa shape index (κ1) is 13.1. The molecule has 1 fully saturated rings. The van der Waals surface area contributed by atoms with E-state index in [2.05, 4.69) is 36.3 Å². The first-order valence-corrected chi connectivity index (χ1v) is 7.63. The number of thiophene rings is 1. The Morgan fingerprint density at radius 3 is 3.00 bits per heavy atom. The van der Waals surface area contributed by atoms with Gasteiger partial charge in [-0.3, -0.25) is 4.90 Å². The summed E-state index contributed by atoms with van der Waals surface area (Å²) in [6.07, 6.45) is 3.74. The molecule has 0 aromatic carbocycles. The number of nitrogens with zero attached hydrogens (tertiary/aromatic N) is 1. The summed E-state index contributed by atoms with van der Waals surface area (Å²) in [6.45, 7) is 6.96. The summed E-state index contributed by atoms with van der Waals surface area (Å²) in [5.41, 5.74) is 6.35. The molecule has 0 saturated carbocycles. The number of piperidine rings is 1. The van der Waals surface area contributed by atoms with Gasteiger partial charge in [0.25, 0.3) is 0 Å². The third-order valence-corrected chi connectivity index (χ3v) is 4.74. The van der Waals surface area contributed by atoms with Gasteiger partial charge in [-0.05, 0) is 43.2 Å². The first-order chi connectivity index (χ1) is 8.22. The van der Waals surface area contributed by atoms with Crippen LogP contribution in [0.4, 0.5) is 0 Å². The highest BCUT2D eigenvalue weighted by Gasteiger charge is 2.29. The topological polar surface area (TPSA) is 29.3 Å². The van der Waals surface area contributed by atoms with E-state index in [1.54, 1.807) is 0 Å². The van der Waals surface area contributed by atoms with Gasteiger partial charge in [0.15, 0.2) is 0 Å². The molecular formula is C14H24N2S. The van der Waals surface area contributed by atoms with Gasteiger partial charge in [-0.25, -0.2) is 0 Å². The van der Waals surface area contributed by atoms with Crippen LogP contribution < -0.4 is 5.73 Å². The van der Waals surface area contributed by atoms with Crippen LogP contribution in [0.15, 0.2) is 17.5 Å². The summed E-state index contributed by atoms with van der Waals surface area (Å²) in [6, 6.07) is 5.08. The van der Waals surface area contributed by atoms with Crippen LogP contribution in [-0.2, 0) is 0 Å². The van der Waals surface area contributed by atoms with E-state index in [4.69, 9.17) is 5.73 Å². The molecule has 3 unspecified atom stereocenters. The van der Waals surface area contributed by atoms with Gasteiger partial charge < -0.3 is 5.73 Å². The first-order valence-electron chi connectivity index (χ1n) is 6.75. The lowest BCUT2D eigenvalue weighted by molar-refractivity contribution is 0.113. The Morgan fingerprint density at radius 2 is 2.41 bits per heavy atom. The van der Waals surface area contributed by atoms with E-state index < -0.39 is 0 Å². The predicted molar refractivity (Wildman–Crippen MR) is 75.3 cm³/mol. The lowest BCUT2D eigenvalue weighted by atomic mass is 9.95. The highest BCUT2D eigenvalue weighted by molar-refractivity contribution is 7.10. The molecule has 1 aliphatic heterocycles. The number of likely N-dealkylation sites (tertiary alicyclic amines) is 1. The second kappa shape index (κ2) is 5.98. The van der Waals surface area contributed by atoms with Gasteiger partial charge in [-0.2, -0.15) is 0 Å². The summed E-state index contributed by atoms with van der Waals surface area (Å²) < 4.78 is 0. The molecule has 0 radical (unpaired) electrons. The molecule has 0 amide bonds. The highest BCUT2D eigenvalue weighted by atomic mass is 32.1. The summed E-state index contributed by atoms with van der Waals surface area (Å²) >= 11 is 1.85. The Labute approximate surface area is 109 Å². The second-order valence-corrected chi connectivity index (χ2v) is 6.25. The highest BCUT2D eigenvalue weighted by Crippen LogP contribution is 2.32. The zero-order valence-corrected chi connectivity index (χ0v) is 11.7. The van der Waals surface area contributed by atoms with E-state index in [0.29, 0.717) is 6.04 Å². The van der Waals surface area contributed by atoms with Gasteiger partial charge in [0.2, 0.25) is 0 Å². The maximum absolute atomic E-state index is 6.35. The van der Waals surface area contributed by atoms with Crippen molar-refractivity contribution in [3.63, 3.8) is 0 Å². The maximum Gasteiger partial charge on any atom is 0.0593 e.